The molecule has 0 bridgehead atoms. The normalized spacial score (nSPS) is 29.2. The molecule has 0 spiro atoms. The van der Waals surface area contributed by atoms with Crippen molar-refractivity contribution in [3.63, 3.8) is 0 Å². The lowest BCUT2D eigenvalue weighted by molar-refractivity contribution is -0.258. The van der Waals surface area contributed by atoms with E-state index in [1.54, 1.807) is 7.11 Å². The highest BCUT2D eigenvalue weighted by Gasteiger charge is 2.59. The highest BCUT2D eigenvalue weighted by atomic mass is 16.5. The van der Waals surface area contributed by atoms with Crippen molar-refractivity contribution >= 4 is 0 Å². The van der Waals surface area contributed by atoms with Crippen molar-refractivity contribution in [2.75, 3.05) is 13.7 Å². The highest BCUT2D eigenvalue weighted by Crippen LogP contribution is 2.56. The van der Waals surface area contributed by atoms with E-state index in [1.165, 1.54) is 0 Å². The lowest BCUT2D eigenvalue weighted by Gasteiger charge is -2.57. The topological polar surface area (TPSA) is 38.7 Å². The van der Waals surface area contributed by atoms with Crippen LogP contribution in [0.1, 0.15) is 52.7 Å². The van der Waals surface area contributed by atoms with Gasteiger partial charge in [-0.3, -0.25) is 0 Å². The van der Waals surface area contributed by atoms with Crippen LogP contribution >= 0.6 is 0 Å². The van der Waals surface area contributed by atoms with Gasteiger partial charge in [0.2, 0.25) is 0 Å². The second kappa shape index (κ2) is 5.29. The zero-order chi connectivity index (χ0) is 15.9. The summed E-state index contributed by atoms with van der Waals surface area (Å²) in [5.74, 6) is 0.788. The van der Waals surface area contributed by atoms with E-state index in [2.05, 4.69) is 34.6 Å². The van der Waals surface area contributed by atoms with Gasteiger partial charge in [-0.25, -0.2) is 0 Å². The molecule has 1 saturated heterocycles. The van der Waals surface area contributed by atoms with Crippen LogP contribution in [0.2, 0.25) is 0 Å². The molecule has 1 heterocycles. The monoisotopic (exact) mass is 292 g/mol. The SMILES string of the molecule is COc1cccc(C2OCCC(C)(C)C2(O)C(C)(C)C)c1. The van der Waals surface area contributed by atoms with Crippen LogP contribution in [0, 0.1) is 10.8 Å². The molecule has 0 radical (unpaired) electrons. The molecule has 2 unspecified atom stereocenters. The van der Waals surface area contributed by atoms with Crippen LogP contribution in [0.15, 0.2) is 24.3 Å². The van der Waals surface area contributed by atoms with Crippen LogP contribution in [0.5, 0.6) is 5.75 Å². The fourth-order valence-electron chi connectivity index (χ4n) is 3.65. The molecular formula is C18H28O3. The third-order valence-corrected chi connectivity index (χ3v) is 4.96. The van der Waals surface area contributed by atoms with Gasteiger partial charge in [0.15, 0.2) is 0 Å². The van der Waals surface area contributed by atoms with Gasteiger partial charge in [0.05, 0.1) is 7.11 Å². The van der Waals surface area contributed by atoms with E-state index in [0.717, 1.165) is 17.7 Å². The van der Waals surface area contributed by atoms with Gasteiger partial charge in [-0.15, -0.1) is 0 Å². The molecule has 1 aromatic carbocycles. The van der Waals surface area contributed by atoms with Crippen LogP contribution in [0.4, 0.5) is 0 Å². The number of rotatable bonds is 2. The Morgan fingerprint density at radius 1 is 1.29 bits per heavy atom. The first-order chi connectivity index (χ1) is 9.63. The summed E-state index contributed by atoms with van der Waals surface area (Å²) in [7, 11) is 1.65. The predicted octanol–water partition coefficient (Wildman–Crippen LogP) is 3.96. The van der Waals surface area contributed by atoms with E-state index in [-0.39, 0.29) is 16.9 Å². The van der Waals surface area contributed by atoms with Crippen LogP contribution < -0.4 is 4.74 Å². The summed E-state index contributed by atoms with van der Waals surface area (Å²) < 4.78 is 11.3. The summed E-state index contributed by atoms with van der Waals surface area (Å²) in [5, 5.41) is 11.6. The molecular weight excluding hydrogens is 264 g/mol. The molecule has 1 N–H and O–H groups in total. The van der Waals surface area contributed by atoms with E-state index in [0.29, 0.717) is 6.61 Å². The summed E-state index contributed by atoms with van der Waals surface area (Å²) >= 11 is 0. The summed E-state index contributed by atoms with van der Waals surface area (Å²) in [4.78, 5) is 0. The van der Waals surface area contributed by atoms with Gasteiger partial charge >= 0.3 is 0 Å². The standard InChI is InChI=1S/C18H28O3/c1-16(2,3)18(19)15(21-11-10-17(18,4)5)13-8-7-9-14(12-13)20-6/h7-9,12,15,19H,10-11H2,1-6H3. The summed E-state index contributed by atoms with van der Waals surface area (Å²) in [5.41, 5.74) is -0.508. The Hall–Kier alpha value is -1.06. The Morgan fingerprint density at radius 2 is 1.95 bits per heavy atom. The van der Waals surface area contributed by atoms with E-state index in [4.69, 9.17) is 9.47 Å². The molecule has 3 heteroatoms. The maximum absolute atomic E-state index is 11.6. The molecule has 0 saturated carbocycles. The van der Waals surface area contributed by atoms with Crippen LogP contribution in [-0.4, -0.2) is 24.4 Å². The Balaban J connectivity index is 2.53. The Labute approximate surface area is 128 Å². The molecule has 1 aliphatic rings. The lowest BCUT2D eigenvalue weighted by Crippen LogP contribution is -2.61. The summed E-state index contributed by atoms with van der Waals surface area (Å²) in [6, 6.07) is 7.82. The third kappa shape index (κ3) is 2.58. The van der Waals surface area contributed by atoms with Crippen molar-refractivity contribution in [3.8, 4) is 5.75 Å². The Morgan fingerprint density at radius 3 is 2.52 bits per heavy atom. The molecule has 0 aromatic heterocycles. The van der Waals surface area contributed by atoms with Crippen molar-refractivity contribution in [3.05, 3.63) is 29.8 Å². The van der Waals surface area contributed by atoms with Crippen LogP contribution in [0.3, 0.4) is 0 Å². The molecule has 21 heavy (non-hydrogen) atoms. The van der Waals surface area contributed by atoms with Gasteiger partial charge in [0, 0.05) is 6.61 Å². The van der Waals surface area contributed by atoms with Crippen molar-refractivity contribution in [1.82, 2.24) is 0 Å². The van der Waals surface area contributed by atoms with Crippen molar-refractivity contribution in [1.29, 1.82) is 0 Å². The fraction of sp³-hybridized carbons (Fsp3) is 0.667. The van der Waals surface area contributed by atoms with E-state index >= 15 is 0 Å². The van der Waals surface area contributed by atoms with Crippen molar-refractivity contribution in [2.24, 2.45) is 10.8 Å². The second-order valence-electron chi connectivity index (χ2n) is 7.68. The predicted molar refractivity (Wildman–Crippen MR) is 84.5 cm³/mol. The Kier molecular flexibility index (Phi) is 4.11. The molecule has 1 aliphatic heterocycles. The average molecular weight is 292 g/mol. The third-order valence-electron chi connectivity index (χ3n) is 4.96. The molecule has 2 rings (SSSR count). The van der Waals surface area contributed by atoms with Gasteiger partial charge in [0.1, 0.15) is 17.5 Å². The maximum Gasteiger partial charge on any atom is 0.119 e. The molecule has 118 valence electrons. The van der Waals surface area contributed by atoms with Crippen LogP contribution in [-0.2, 0) is 4.74 Å². The zero-order valence-electron chi connectivity index (χ0n) is 14.1. The average Bonchev–Trinajstić information content (AvgIpc) is 2.40. The molecule has 0 aliphatic carbocycles. The molecule has 1 fully saturated rings. The first kappa shape index (κ1) is 16.3. The minimum atomic E-state index is -0.954. The number of hydrogen-bond acceptors (Lipinski definition) is 3. The van der Waals surface area contributed by atoms with Crippen molar-refractivity contribution < 1.29 is 14.6 Å². The number of aliphatic hydroxyl groups is 1. The maximum atomic E-state index is 11.6. The van der Waals surface area contributed by atoms with Gasteiger partial charge in [-0.1, -0.05) is 46.8 Å². The quantitative estimate of drug-likeness (QED) is 0.896. The zero-order valence-corrected chi connectivity index (χ0v) is 14.1. The smallest absolute Gasteiger partial charge is 0.119 e. The lowest BCUT2D eigenvalue weighted by atomic mass is 9.56. The van der Waals surface area contributed by atoms with Gasteiger partial charge < -0.3 is 14.6 Å². The van der Waals surface area contributed by atoms with Crippen molar-refractivity contribution in [2.45, 2.75) is 52.7 Å². The molecule has 1 aromatic rings. The van der Waals surface area contributed by atoms with Gasteiger partial charge in [-0.05, 0) is 34.9 Å². The second-order valence-corrected chi connectivity index (χ2v) is 7.68. The number of ether oxygens (including phenoxy) is 2. The van der Waals surface area contributed by atoms with Gasteiger partial charge in [0.25, 0.3) is 0 Å². The molecule has 2 atom stereocenters. The first-order valence-corrected chi connectivity index (χ1v) is 7.61. The van der Waals surface area contributed by atoms with Crippen LogP contribution in [0.25, 0.3) is 0 Å². The number of hydrogen-bond donors (Lipinski definition) is 1. The number of methoxy groups -OCH3 is 1. The first-order valence-electron chi connectivity index (χ1n) is 7.61. The Bertz CT molecular complexity index is 501. The number of benzene rings is 1. The van der Waals surface area contributed by atoms with Gasteiger partial charge in [-0.2, -0.15) is 0 Å². The molecule has 0 amide bonds. The largest absolute Gasteiger partial charge is 0.497 e. The summed E-state index contributed by atoms with van der Waals surface area (Å²) in [6.45, 7) is 11.2. The molecule has 3 nitrogen and oxygen atoms in total. The van der Waals surface area contributed by atoms with E-state index in [9.17, 15) is 5.11 Å². The highest BCUT2D eigenvalue weighted by molar-refractivity contribution is 5.33. The van der Waals surface area contributed by atoms with E-state index in [1.807, 2.05) is 24.3 Å². The van der Waals surface area contributed by atoms with E-state index < -0.39 is 5.60 Å². The minimum Gasteiger partial charge on any atom is -0.497 e. The summed E-state index contributed by atoms with van der Waals surface area (Å²) in [6.07, 6.45) is 0.498. The fourth-order valence-corrected chi connectivity index (χ4v) is 3.65. The minimum absolute atomic E-state index is 0.225.